The summed E-state index contributed by atoms with van der Waals surface area (Å²) in [5, 5.41) is 8.35. The SMILES string of the molecule is CC1=NN(c2ccc(Cl)cc2)C(=O)C1=Cc1cccs1. The minimum atomic E-state index is -0.113. The summed E-state index contributed by atoms with van der Waals surface area (Å²) in [5.41, 5.74) is 2.06. The van der Waals surface area contributed by atoms with Gasteiger partial charge in [-0.25, -0.2) is 0 Å². The third-order valence-corrected chi connectivity index (χ3v) is 4.03. The van der Waals surface area contributed by atoms with Gasteiger partial charge in [-0.1, -0.05) is 17.7 Å². The predicted octanol–water partition coefficient (Wildman–Crippen LogP) is 4.21. The number of halogens is 1. The highest BCUT2D eigenvalue weighted by molar-refractivity contribution is 7.10. The summed E-state index contributed by atoms with van der Waals surface area (Å²) in [5.74, 6) is -0.113. The van der Waals surface area contributed by atoms with E-state index in [0.29, 0.717) is 16.3 Å². The normalized spacial score (nSPS) is 16.9. The molecule has 5 heteroatoms. The second kappa shape index (κ2) is 5.23. The van der Waals surface area contributed by atoms with Gasteiger partial charge in [-0.2, -0.15) is 10.1 Å². The first-order chi connectivity index (χ1) is 9.65. The minimum absolute atomic E-state index is 0.113. The van der Waals surface area contributed by atoms with Gasteiger partial charge < -0.3 is 0 Å². The molecule has 3 nitrogen and oxygen atoms in total. The van der Waals surface area contributed by atoms with Gasteiger partial charge in [0.25, 0.3) is 5.91 Å². The molecule has 1 aromatic heterocycles. The quantitative estimate of drug-likeness (QED) is 0.765. The summed E-state index contributed by atoms with van der Waals surface area (Å²) in [4.78, 5) is 13.5. The van der Waals surface area contributed by atoms with Crippen LogP contribution in [0.3, 0.4) is 0 Å². The van der Waals surface area contributed by atoms with Crippen LogP contribution in [0, 0.1) is 0 Å². The summed E-state index contributed by atoms with van der Waals surface area (Å²) in [7, 11) is 0. The van der Waals surface area contributed by atoms with Gasteiger partial charge in [0.1, 0.15) is 0 Å². The van der Waals surface area contributed by atoms with Crippen LogP contribution < -0.4 is 5.01 Å². The highest BCUT2D eigenvalue weighted by Gasteiger charge is 2.28. The summed E-state index contributed by atoms with van der Waals surface area (Å²) < 4.78 is 0. The van der Waals surface area contributed by atoms with Crippen LogP contribution in [0.1, 0.15) is 11.8 Å². The second-order valence-electron chi connectivity index (χ2n) is 4.35. The van der Waals surface area contributed by atoms with Gasteiger partial charge in [-0.15, -0.1) is 11.3 Å². The molecule has 3 rings (SSSR count). The van der Waals surface area contributed by atoms with Crippen LogP contribution >= 0.6 is 22.9 Å². The van der Waals surface area contributed by atoms with Crippen molar-refractivity contribution in [2.45, 2.75) is 6.92 Å². The van der Waals surface area contributed by atoms with E-state index in [2.05, 4.69) is 5.10 Å². The number of amides is 1. The topological polar surface area (TPSA) is 32.7 Å². The molecule has 1 aliphatic heterocycles. The molecular formula is C15H11ClN2OS. The zero-order valence-corrected chi connectivity index (χ0v) is 12.3. The Morgan fingerprint density at radius 1 is 1.25 bits per heavy atom. The summed E-state index contributed by atoms with van der Waals surface area (Å²) in [6, 6.07) is 11.0. The van der Waals surface area contributed by atoms with Gasteiger partial charge in [-0.05, 0) is 48.7 Å². The number of carbonyl (C=O) groups excluding carboxylic acids is 1. The van der Waals surface area contributed by atoms with Crippen molar-refractivity contribution in [3.05, 3.63) is 57.3 Å². The Morgan fingerprint density at radius 2 is 2.00 bits per heavy atom. The van der Waals surface area contributed by atoms with E-state index < -0.39 is 0 Å². The monoisotopic (exact) mass is 302 g/mol. The number of thiophene rings is 1. The number of hydrogen-bond acceptors (Lipinski definition) is 3. The largest absolute Gasteiger partial charge is 0.280 e. The van der Waals surface area contributed by atoms with Gasteiger partial charge in [0.15, 0.2) is 0 Å². The first-order valence-corrected chi connectivity index (χ1v) is 7.32. The van der Waals surface area contributed by atoms with E-state index in [-0.39, 0.29) is 5.91 Å². The molecule has 0 aliphatic carbocycles. The van der Waals surface area contributed by atoms with Crippen molar-refractivity contribution in [1.29, 1.82) is 0 Å². The molecule has 0 saturated heterocycles. The Morgan fingerprint density at radius 3 is 2.65 bits per heavy atom. The van der Waals surface area contributed by atoms with Crippen molar-refractivity contribution in [1.82, 2.24) is 0 Å². The fourth-order valence-corrected chi connectivity index (χ4v) is 2.74. The van der Waals surface area contributed by atoms with Gasteiger partial charge in [-0.3, -0.25) is 4.79 Å². The predicted molar refractivity (Wildman–Crippen MR) is 84.3 cm³/mol. The Hall–Kier alpha value is -1.91. The lowest BCUT2D eigenvalue weighted by molar-refractivity contribution is -0.114. The molecule has 0 N–H and O–H groups in total. The molecule has 2 heterocycles. The maximum atomic E-state index is 12.4. The number of nitrogens with zero attached hydrogens (tertiary/aromatic N) is 2. The molecule has 1 aliphatic rings. The van der Waals surface area contributed by atoms with E-state index in [1.54, 1.807) is 35.6 Å². The summed E-state index contributed by atoms with van der Waals surface area (Å²) in [6.45, 7) is 1.84. The fraction of sp³-hybridized carbons (Fsp3) is 0.0667. The van der Waals surface area contributed by atoms with Crippen LogP contribution in [0.4, 0.5) is 5.69 Å². The molecule has 2 aromatic rings. The van der Waals surface area contributed by atoms with E-state index in [4.69, 9.17) is 11.6 Å². The maximum Gasteiger partial charge on any atom is 0.280 e. The third kappa shape index (κ3) is 2.40. The van der Waals surface area contributed by atoms with Crippen molar-refractivity contribution in [3.63, 3.8) is 0 Å². The molecule has 0 bridgehead atoms. The Kier molecular flexibility index (Phi) is 3.42. The molecular weight excluding hydrogens is 292 g/mol. The van der Waals surface area contributed by atoms with E-state index in [0.717, 1.165) is 10.6 Å². The second-order valence-corrected chi connectivity index (χ2v) is 5.77. The van der Waals surface area contributed by atoms with Crippen molar-refractivity contribution in [2.75, 3.05) is 5.01 Å². The highest BCUT2D eigenvalue weighted by Crippen LogP contribution is 2.26. The standard InChI is InChI=1S/C15H11ClN2OS/c1-10-14(9-13-3-2-8-20-13)15(19)18(17-10)12-6-4-11(16)5-7-12/h2-9H,1H3. The number of benzene rings is 1. The lowest BCUT2D eigenvalue weighted by atomic mass is 10.1. The van der Waals surface area contributed by atoms with Crippen LogP contribution in [-0.4, -0.2) is 11.6 Å². The Balaban J connectivity index is 1.94. The third-order valence-electron chi connectivity index (χ3n) is 2.96. The van der Waals surface area contributed by atoms with Gasteiger partial charge in [0.2, 0.25) is 0 Å². The molecule has 0 radical (unpaired) electrons. The van der Waals surface area contributed by atoms with E-state index in [1.165, 1.54) is 5.01 Å². The number of rotatable bonds is 2. The molecule has 20 heavy (non-hydrogen) atoms. The molecule has 0 fully saturated rings. The zero-order valence-electron chi connectivity index (χ0n) is 10.7. The average molecular weight is 303 g/mol. The van der Waals surface area contributed by atoms with Crippen molar-refractivity contribution in [2.24, 2.45) is 5.10 Å². The summed E-state index contributed by atoms with van der Waals surface area (Å²) >= 11 is 7.45. The van der Waals surface area contributed by atoms with Crippen LogP contribution in [0.5, 0.6) is 0 Å². The van der Waals surface area contributed by atoms with Gasteiger partial charge in [0, 0.05) is 9.90 Å². The Bertz CT molecular complexity index is 702. The number of hydrazone groups is 1. The van der Waals surface area contributed by atoms with Gasteiger partial charge in [0.05, 0.1) is 17.0 Å². The van der Waals surface area contributed by atoms with E-state index >= 15 is 0 Å². The molecule has 0 unspecified atom stereocenters. The molecule has 1 amide bonds. The Labute approximate surface area is 125 Å². The molecule has 0 spiro atoms. The molecule has 100 valence electrons. The van der Waals surface area contributed by atoms with Crippen molar-refractivity contribution < 1.29 is 4.79 Å². The van der Waals surface area contributed by atoms with E-state index in [9.17, 15) is 4.79 Å². The van der Waals surface area contributed by atoms with Crippen LogP contribution in [0.2, 0.25) is 5.02 Å². The first-order valence-electron chi connectivity index (χ1n) is 6.06. The fourth-order valence-electron chi connectivity index (χ4n) is 1.96. The minimum Gasteiger partial charge on any atom is -0.267 e. The van der Waals surface area contributed by atoms with Crippen molar-refractivity contribution >= 4 is 46.3 Å². The lowest BCUT2D eigenvalue weighted by Crippen LogP contribution is -2.21. The van der Waals surface area contributed by atoms with E-state index in [1.807, 2.05) is 30.5 Å². The number of carbonyl (C=O) groups is 1. The first kappa shape index (κ1) is 13.1. The number of anilines is 1. The average Bonchev–Trinajstić information content (AvgIpc) is 3.04. The maximum absolute atomic E-state index is 12.4. The molecule has 0 saturated carbocycles. The highest BCUT2D eigenvalue weighted by atomic mass is 35.5. The lowest BCUT2D eigenvalue weighted by Gasteiger charge is -2.11. The van der Waals surface area contributed by atoms with Crippen LogP contribution in [0.25, 0.3) is 6.08 Å². The number of hydrogen-bond donors (Lipinski definition) is 0. The molecule has 0 atom stereocenters. The van der Waals surface area contributed by atoms with Gasteiger partial charge >= 0.3 is 0 Å². The smallest absolute Gasteiger partial charge is 0.267 e. The van der Waals surface area contributed by atoms with Crippen LogP contribution in [-0.2, 0) is 4.79 Å². The summed E-state index contributed by atoms with van der Waals surface area (Å²) in [6.07, 6.45) is 1.88. The van der Waals surface area contributed by atoms with Crippen molar-refractivity contribution in [3.8, 4) is 0 Å². The van der Waals surface area contributed by atoms with Crippen LogP contribution in [0.15, 0.2) is 52.5 Å². The zero-order chi connectivity index (χ0) is 14.1. The molecule has 1 aromatic carbocycles.